The number of nitrogens with one attached hydrogen (secondary N) is 1. The first-order valence-electron chi connectivity index (χ1n) is 8.24. The molecule has 0 saturated carbocycles. The first-order valence-corrected chi connectivity index (χ1v) is 9.72. The van der Waals surface area contributed by atoms with Gasteiger partial charge in [0.1, 0.15) is 5.75 Å². The van der Waals surface area contributed by atoms with Crippen molar-refractivity contribution in [3.8, 4) is 17.0 Å². The summed E-state index contributed by atoms with van der Waals surface area (Å²) in [4.78, 5) is 19.9. The molecule has 2 aromatic heterocycles. The third-order valence-corrected chi connectivity index (χ3v) is 5.42. The number of hydrogen-bond acceptors (Lipinski definition) is 6. The number of amides is 1. The summed E-state index contributed by atoms with van der Waals surface area (Å²) in [5.41, 5.74) is 7.38. The number of pyridine rings is 2. The van der Waals surface area contributed by atoms with E-state index in [2.05, 4.69) is 14.7 Å². The molecule has 0 atom stereocenters. The lowest BCUT2D eigenvalue weighted by Gasteiger charge is -2.12. The number of nitrogens with zero attached hydrogens (tertiary/aromatic N) is 2. The van der Waals surface area contributed by atoms with Crippen molar-refractivity contribution in [2.24, 2.45) is 5.73 Å². The Bertz CT molecular complexity index is 1100. The number of methoxy groups -OCH3 is 1. The van der Waals surface area contributed by atoms with Crippen LogP contribution in [0.25, 0.3) is 11.3 Å². The van der Waals surface area contributed by atoms with Crippen molar-refractivity contribution in [2.75, 3.05) is 7.11 Å². The predicted octanol–water partition coefficient (Wildman–Crippen LogP) is 1.73. The van der Waals surface area contributed by atoms with Crippen molar-refractivity contribution in [1.29, 1.82) is 0 Å². The molecule has 0 aliphatic heterocycles. The fourth-order valence-corrected chi connectivity index (χ4v) is 3.68. The van der Waals surface area contributed by atoms with E-state index in [1.54, 1.807) is 36.8 Å². The monoisotopic (exact) mass is 398 g/mol. The predicted molar refractivity (Wildman–Crippen MR) is 103 cm³/mol. The Morgan fingerprint density at radius 2 is 1.96 bits per heavy atom. The Morgan fingerprint density at radius 1 is 1.18 bits per heavy atom. The van der Waals surface area contributed by atoms with Gasteiger partial charge in [-0.2, -0.15) is 0 Å². The minimum atomic E-state index is -3.90. The Kier molecular flexibility index (Phi) is 5.67. The summed E-state index contributed by atoms with van der Waals surface area (Å²) in [5, 5.41) is 0. The van der Waals surface area contributed by atoms with Gasteiger partial charge < -0.3 is 10.5 Å². The SMILES string of the molecule is COc1ccc(S(=O)(=O)NCc2cccnc2-c2cccnc2)cc1C(N)=O. The summed E-state index contributed by atoms with van der Waals surface area (Å²) in [6, 6.07) is 11.0. The molecule has 28 heavy (non-hydrogen) atoms. The maximum atomic E-state index is 12.7. The van der Waals surface area contributed by atoms with Gasteiger partial charge in [-0.15, -0.1) is 0 Å². The van der Waals surface area contributed by atoms with Crippen molar-refractivity contribution in [1.82, 2.24) is 14.7 Å². The van der Waals surface area contributed by atoms with Crippen LogP contribution in [-0.4, -0.2) is 31.4 Å². The fourth-order valence-electron chi connectivity index (χ4n) is 2.65. The van der Waals surface area contributed by atoms with Gasteiger partial charge in [0.25, 0.3) is 5.91 Å². The molecule has 1 aromatic carbocycles. The maximum Gasteiger partial charge on any atom is 0.252 e. The van der Waals surface area contributed by atoms with Crippen molar-refractivity contribution in [3.05, 3.63) is 72.2 Å². The van der Waals surface area contributed by atoms with Crippen LogP contribution in [0, 0.1) is 0 Å². The molecule has 8 nitrogen and oxygen atoms in total. The number of hydrogen-bond donors (Lipinski definition) is 2. The van der Waals surface area contributed by atoms with Crippen LogP contribution in [0.15, 0.2) is 66.0 Å². The number of sulfonamides is 1. The van der Waals surface area contributed by atoms with E-state index in [0.717, 1.165) is 5.56 Å². The highest BCUT2D eigenvalue weighted by molar-refractivity contribution is 7.89. The Morgan fingerprint density at radius 3 is 2.64 bits per heavy atom. The quantitative estimate of drug-likeness (QED) is 0.624. The van der Waals surface area contributed by atoms with Gasteiger partial charge in [-0.25, -0.2) is 13.1 Å². The summed E-state index contributed by atoms with van der Waals surface area (Å²) in [6.07, 6.45) is 4.93. The molecule has 3 aromatic rings. The van der Waals surface area contributed by atoms with E-state index in [9.17, 15) is 13.2 Å². The van der Waals surface area contributed by atoms with Crippen molar-refractivity contribution in [2.45, 2.75) is 11.4 Å². The molecule has 0 bridgehead atoms. The van der Waals surface area contributed by atoms with Gasteiger partial charge in [0.2, 0.25) is 10.0 Å². The lowest BCUT2D eigenvalue weighted by molar-refractivity contribution is 0.0997. The normalized spacial score (nSPS) is 11.2. The molecular formula is C19H18N4O4S. The molecule has 0 saturated heterocycles. The number of rotatable bonds is 7. The molecule has 144 valence electrons. The van der Waals surface area contributed by atoms with Crippen molar-refractivity contribution < 1.29 is 17.9 Å². The molecule has 9 heteroatoms. The molecule has 3 rings (SSSR count). The molecule has 1 amide bonds. The minimum absolute atomic E-state index is 0.0113. The molecule has 2 heterocycles. The first kappa shape index (κ1) is 19.5. The number of primary amides is 1. The second-order valence-electron chi connectivity index (χ2n) is 5.80. The van der Waals surface area contributed by atoms with E-state index in [1.165, 1.54) is 25.3 Å². The standard InChI is InChI=1S/C19H18N4O4S/c1-27-17-7-6-15(10-16(17)19(20)24)28(25,26)23-12-14-5-3-9-22-18(14)13-4-2-8-21-11-13/h2-11,23H,12H2,1H3,(H2,20,24). The minimum Gasteiger partial charge on any atom is -0.496 e. The van der Waals surface area contributed by atoms with Crippen LogP contribution in [0.2, 0.25) is 0 Å². The highest BCUT2D eigenvalue weighted by Crippen LogP contribution is 2.23. The Labute approximate surface area is 162 Å². The second-order valence-corrected chi connectivity index (χ2v) is 7.57. The van der Waals surface area contributed by atoms with E-state index >= 15 is 0 Å². The summed E-state index contributed by atoms with van der Waals surface area (Å²) < 4.78 is 32.9. The fraction of sp³-hybridized carbons (Fsp3) is 0.105. The summed E-state index contributed by atoms with van der Waals surface area (Å²) in [5.74, 6) is -0.572. The highest BCUT2D eigenvalue weighted by atomic mass is 32.2. The number of carbonyl (C=O) groups is 1. The van der Waals surface area contributed by atoms with Gasteiger partial charge >= 0.3 is 0 Å². The van der Waals surface area contributed by atoms with Gasteiger partial charge in [0, 0.05) is 30.7 Å². The number of nitrogens with two attached hydrogens (primary N) is 1. The van der Waals surface area contributed by atoms with Crippen LogP contribution >= 0.6 is 0 Å². The topological polar surface area (TPSA) is 124 Å². The van der Waals surface area contributed by atoms with Crippen LogP contribution in [0.3, 0.4) is 0 Å². The average Bonchev–Trinajstić information content (AvgIpc) is 2.72. The van der Waals surface area contributed by atoms with Crippen LogP contribution in [0.4, 0.5) is 0 Å². The molecule has 0 spiro atoms. The maximum absolute atomic E-state index is 12.7. The lowest BCUT2D eigenvalue weighted by Crippen LogP contribution is -2.24. The zero-order valence-electron chi connectivity index (χ0n) is 15.0. The van der Waals surface area contributed by atoms with Gasteiger partial charge in [0.15, 0.2) is 0 Å². The van der Waals surface area contributed by atoms with Crippen LogP contribution in [0.1, 0.15) is 15.9 Å². The third kappa shape index (κ3) is 4.16. The molecule has 3 N–H and O–H groups in total. The van der Waals surface area contributed by atoms with E-state index < -0.39 is 15.9 Å². The summed E-state index contributed by atoms with van der Waals surface area (Å²) in [7, 11) is -2.52. The van der Waals surface area contributed by atoms with Crippen LogP contribution in [-0.2, 0) is 16.6 Å². The van der Waals surface area contributed by atoms with Crippen molar-refractivity contribution in [3.63, 3.8) is 0 Å². The van der Waals surface area contributed by atoms with E-state index in [0.29, 0.717) is 11.3 Å². The average molecular weight is 398 g/mol. The number of benzene rings is 1. The van der Waals surface area contributed by atoms with Crippen LogP contribution < -0.4 is 15.2 Å². The molecular weight excluding hydrogens is 380 g/mol. The largest absolute Gasteiger partial charge is 0.496 e. The number of carbonyl (C=O) groups excluding carboxylic acids is 1. The smallest absolute Gasteiger partial charge is 0.252 e. The zero-order chi connectivity index (χ0) is 20.1. The highest BCUT2D eigenvalue weighted by Gasteiger charge is 2.19. The number of ether oxygens (including phenoxy) is 1. The summed E-state index contributed by atoms with van der Waals surface area (Å²) in [6.45, 7) is 0.0122. The Balaban J connectivity index is 1.88. The van der Waals surface area contributed by atoms with Gasteiger partial charge in [-0.3, -0.25) is 14.8 Å². The van der Waals surface area contributed by atoms with Crippen LogP contribution in [0.5, 0.6) is 5.75 Å². The first-order chi connectivity index (χ1) is 13.4. The molecule has 0 fully saturated rings. The lowest BCUT2D eigenvalue weighted by atomic mass is 10.1. The van der Waals surface area contributed by atoms with E-state index in [-0.39, 0.29) is 22.8 Å². The van der Waals surface area contributed by atoms with Gasteiger partial charge in [-0.05, 0) is 42.0 Å². The van der Waals surface area contributed by atoms with Gasteiger partial charge in [0.05, 0.1) is 23.3 Å². The Hall–Kier alpha value is -3.30. The molecule has 0 unspecified atom stereocenters. The summed E-state index contributed by atoms with van der Waals surface area (Å²) >= 11 is 0. The second kappa shape index (κ2) is 8.15. The molecule has 0 aliphatic rings. The molecule has 0 radical (unpaired) electrons. The van der Waals surface area contributed by atoms with E-state index in [1.807, 2.05) is 6.07 Å². The molecule has 0 aliphatic carbocycles. The number of aromatic nitrogens is 2. The zero-order valence-corrected chi connectivity index (χ0v) is 15.8. The van der Waals surface area contributed by atoms with E-state index in [4.69, 9.17) is 10.5 Å². The van der Waals surface area contributed by atoms with Gasteiger partial charge in [-0.1, -0.05) is 6.07 Å². The third-order valence-electron chi connectivity index (χ3n) is 4.03. The van der Waals surface area contributed by atoms with Crippen molar-refractivity contribution >= 4 is 15.9 Å².